The number of nitrogens with zero attached hydrogens (tertiary/aromatic N) is 2. The molecule has 1 aromatic heterocycles. The number of likely N-dealkylation sites (tertiary alicyclic amines) is 1. The zero-order valence-corrected chi connectivity index (χ0v) is 12.8. The van der Waals surface area contributed by atoms with E-state index in [2.05, 4.69) is 4.98 Å². The van der Waals surface area contributed by atoms with Crippen LogP contribution in [-0.4, -0.2) is 53.9 Å². The van der Waals surface area contributed by atoms with Gasteiger partial charge in [0.05, 0.1) is 22.7 Å². The third-order valence-electron chi connectivity index (χ3n) is 3.91. The molecular formula is C14H18N2O4S. The molecule has 2 fully saturated rings. The Bertz CT molecular complexity index is 654. The zero-order chi connectivity index (χ0) is 15.2. The molecule has 0 aliphatic carbocycles. The van der Waals surface area contributed by atoms with Gasteiger partial charge in [0, 0.05) is 24.8 Å². The SMILES string of the molecule is CC(C)Oc1ccc(C(=O)N2CC3CC2CS3(=O)=O)cn1. The Morgan fingerprint density at radius 3 is 2.67 bits per heavy atom. The van der Waals surface area contributed by atoms with Crippen molar-refractivity contribution in [2.24, 2.45) is 0 Å². The van der Waals surface area contributed by atoms with Crippen molar-refractivity contribution in [1.82, 2.24) is 9.88 Å². The molecule has 2 aliphatic rings. The molecule has 0 saturated carbocycles. The number of rotatable bonds is 3. The van der Waals surface area contributed by atoms with Crippen LogP contribution in [-0.2, 0) is 9.84 Å². The molecule has 2 saturated heterocycles. The molecule has 3 heterocycles. The smallest absolute Gasteiger partial charge is 0.255 e. The first-order valence-electron chi connectivity index (χ1n) is 7.02. The fourth-order valence-corrected chi connectivity index (χ4v) is 4.96. The predicted octanol–water partition coefficient (Wildman–Crippen LogP) is 0.880. The summed E-state index contributed by atoms with van der Waals surface area (Å²) in [5.41, 5.74) is 0.469. The maximum atomic E-state index is 12.4. The molecule has 2 unspecified atom stereocenters. The second-order valence-electron chi connectivity index (χ2n) is 5.85. The highest BCUT2D eigenvalue weighted by Crippen LogP contribution is 2.33. The normalized spacial score (nSPS) is 26.3. The van der Waals surface area contributed by atoms with Crippen molar-refractivity contribution in [3.8, 4) is 5.88 Å². The fourth-order valence-electron chi connectivity index (χ4n) is 2.93. The van der Waals surface area contributed by atoms with E-state index in [0.29, 0.717) is 24.4 Å². The standard InChI is InChI=1S/C14H18N2O4S/c1-9(2)20-13-4-3-10(6-15-13)14(17)16-7-12-5-11(16)8-21(12,18)19/h3-4,6,9,11-12H,5,7-8H2,1-2H3. The molecule has 0 aromatic carbocycles. The van der Waals surface area contributed by atoms with Gasteiger partial charge >= 0.3 is 0 Å². The highest BCUT2D eigenvalue weighted by atomic mass is 32.2. The van der Waals surface area contributed by atoms with Crippen LogP contribution in [0.2, 0.25) is 0 Å². The lowest BCUT2D eigenvalue weighted by molar-refractivity contribution is 0.0745. The first-order valence-corrected chi connectivity index (χ1v) is 8.73. The van der Waals surface area contributed by atoms with Gasteiger partial charge in [0.15, 0.2) is 9.84 Å². The summed E-state index contributed by atoms with van der Waals surface area (Å²) in [7, 11) is -2.99. The number of fused-ring (bicyclic) bond motifs is 2. The molecule has 2 aliphatic heterocycles. The minimum Gasteiger partial charge on any atom is -0.475 e. The number of hydrogen-bond donors (Lipinski definition) is 0. The monoisotopic (exact) mass is 310 g/mol. The molecule has 0 radical (unpaired) electrons. The Balaban J connectivity index is 1.72. The largest absolute Gasteiger partial charge is 0.475 e. The average Bonchev–Trinajstić information content (AvgIpc) is 2.93. The number of carbonyl (C=O) groups is 1. The van der Waals surface area contributed by atoms with E-state index < -0.39 is 9.84 Å². The van der Waals surface area contributed by atoms with Crippen molar-refractivity contribution in [1.29, 1.82) is 0 Å². The van der Waals surface area contributed by atoms with Crippen LogP contribution in [0.4, 0.5) is 0 Å². The molecule has 21 heavy (non-hydrogen) atoms. The summed E-state index contributed by atoms with van der Waals surface area (Å²) >= 11 is 0. The van der Waals surface area contributed by atoms with E-state index in [4.69, 9.17) is 4.74 Å². The van der Waals surface area contributed by atoms with Crippen LogP contribution in [0.1, 0.15) is 30.6 Å². The predicted molar refractivity (Wildman–Crippen MR) is 77.0 cm³/mol. The van der Waals surface area contributed by atoms with Crippen molar-refractivity contribution in [2.75, 3.05) is 12.3 Å². The van der Waals surface area contributed by atoms with Crippen molar-refractivity contribution in [2.45, 2.75) is 37.7 Å². The van der Waals surface area contributed by atoms with Crippen molar-refractivity contribution in [3.63, 3.8) is 0 Å². The summed E-state index contributed by atoms with van der Waals surface area (Å²) in [5.74, 6) is 0.416. The van der Waals surface area contributed by atoms with Gasteiger partial charge in [-0.05, 0) is 26.3 Å². The zero-order valence-electron chi connectivity index (χ0n) is 12.0. The van der Waals surface area contributed by atoms with Gasteiger partial charge in [-0.3, -0.25) is 4.79 Å². The van der Waals surface area contributed by atoms with Gasteiger partial charge in [-0.15, -0.1) is 0 Å². The molecule has 0 spiro atoms. The Labute approximate surface area is 124 Å². The van der Waals surface area contributed by atoms with E-state index in [1.54, 1.807) is 17.0 Å². The van der Waals surface area contributed by atoms with Crippen LogP contribution >= 0.6 is 0 Å². The van der Waals surface area contributed by atoms with Crippen LogP contribution in [0.5, 0.6) is 5.88 Å². The lowest BCUT2D eigenvalue weighted by Gasteiger charge is -2.26. The summed E-state index contributed by atoms with van der Waals surface area (Å²) in [6, 6.07) is 3.16. The second-order valence-corrected chi connectivity index (χ2v) is 8.18. The Hall–Kier alpha value is -1.63. The third-order valence-corrected chi connectivity index (χ3v) is 6.12. The Morgan fingerprint density at radius 1 is 1.43 bits per heavy atom. The van der Waals surface area contributed by atoms with Crippen LogP contribution in [0.3, 0.4) is 0 Å². The maximum absolute atomic E-state index is 12.4. The molecular weight excluding hydrogens is 292 g/mol. The van der Waals surface area contributed by atoms with E-state index >= 15 is 0 Å². The molecule has 2 atom stereocenters. The third kappa shape index (κ3) is 2.62. The molecule has 1 aromatic rings. The van der Waals surface area contributed by atoms with Crippen molar-refractivity contribution < 1.29 is 17.9 Å². The first kappa shape index (κ1) is 14.3. The van der Waals surface area contributed by atoms with E-state index in [9.17, 15) is 13.2 Å². The number of aromatic nitrogens is 1. The number of sulfone groups is 1. The number of pyridine rings is 1. The Morgan fingerprint density at radius 2 is 2.19 bits per heavy atom. The molecule has 114 valence electrons. The topological polar surface area (TPSA) is 76.6 Å². The molecule has 0 N–H and O–H groups in total. The van der Waals surface area contributed by atoms with Gasteiger partial charge in [0.2, 0.25) is 5.88 Å². The minimum absolute atomic E-state index is 0.0265. The molecule has 2 bridgehead atoms. The molecule has 3 rings (SSSR count). The van der Waals surface area contributed by atoms with Crippen LogP contribution in [0.15, 0.2) is 18.3 Å². The average molecular weight is 310 g/mol. The van der Waals surface area contributed by atoms with Gasteiger partial charge in [-0.1, -0.05) is 0 Å². The van der Waals surface area contributed by atoms with Crippen LogP contribution in [0, 0.1) is 0 Å². The Kier molecular flexibility index (Phi) is 3.39. The summed E-state index contributed by atoms with van der Waals surface area (Å²) in [6.07, 6.45) is 2.08. The van der Waals surface area contributed by atoms with Crippen molar-refractivity contribution >= 4 is 15.7 Å². The van der Waals surface area contributed by atoms with E-state index in [1.807, 2.05) is 13.8 Å². The van der Waals surface area contributed by atoms with E-state index in [1.165, 1.54) is 6.20 Å². The summed E-state index contributed by atoms with van der Waals surface area (Å²) in [4.78, 5) is 18.2. The lowest BCUT2D eigenvalue weighted by Crippen LogP contribution is -2.44. The summed E-state index contributed by atoms with van der Waals surface area (Å²) in [6.45, 7) is 4.11. The summed E-state index contributed by atoms with van der Waals surface area (Å²) < 4.78 is 28.9. The van der Waals surface area contributed by atoms with E-state index in [-0.39, 0.29) is 29.1 Å². The number of ether oxygens (including phenoxy) is 1. The number of carbonyl (C=O) groups excluding carboxylic acids is 1. The highest BCUT2D eigenvalue weighted by molar-refractivity contribution is 7.92. The first-order chi connectivity index (χ1) is 9.87. The van der Waals surface area contributed by atoms with Gasteiger partial charge in [-0.2, -0.15) is 0 Å². The van der Waals surface area contributed by atoms with Crippen molar-refractivity contribution in [3.05, 3.63) is 23.9 Å². The maximum Gasteiger partial charge on any atom is 0.255 e. The summed E-state index contributed by atoms with van der Waals surface area (Å²) in [5, 5.41) is -0.386. The second kappa shape index (κ2) is 4.98. The minimum atomic E-state index is -2.99. The number of amides is 1. The molecule has 6 nitrogen and oxygen atoms in total. The lowest BCUT2D eigenvalue weighted by atomic mass is 10.2. The van der Waals surface area contributed by atoms with Gasteiger partial charge in [-0.25, -0.2) is 13.4 Å². The molecule has 1 amide bonds. The fraction of sp³-hybridized carbons (Fsp3) is 0.571. The number of hydrogen-bond acceptors (Lipinski definition) is 5. The van der Waals surface area contributed by atoms with Crippen LogP contribution < -0.4 is 4.74 Å². The van der Waals surface area contributed by atoms with Gasteiger partial charge in [0.1, 0.15) is 0 Å². The highest BCUT2D eigenvalue weighted by Gasteiger charge is 2.50. The van der Waals surface area contributed by atoms with E-state index in [0.717, 1.165) is 0 Å². The molecule has 7 heteroatoms. The quantitative estimate of drug-likeness (QED) is 0.828. The van der Waals surface area contributed by atoms with Gasteiger partial charge in [0.25, 0.3) is 5.91 Å². The van der Waals surface area contributed by atoms with Gasteiger partial charge < -0.3 is 9.64 Å². The van der Waals surface area contributed by atoms with Crippen LogP contribution in [0.25, 0.3) is 0 Å².